The number of rotatable bonds is 6. The van der Waals surface area contributed by atoms with Crippen LogP contribution in [0.3, 0.4) is 0 Å². The number of hydrogen-bond acceptors (Lipinski definition) is 3. The Morgan fingerprint density at radius 3 is 2.76 bits per heavy atom. The van der Waals surface area contributed by atoms with E-state index in [2.05, 4.69) is 10.6 Å². The van der Waals surface area contributed by atoms with Crippen molar-refractivity contribution in [2.45, 2.75) is 25.7 Å². The van der Waals surface area contributed by atoms with E-state index in [4.69, 9.17) is 4.74 Å². The fourth-order valence-electron chi connectivity index (χ4n) is 2.49. The first-order valence-electron chi connectivity index (χ1n) is 7.38. The summed E-state index contributed by atoms with van der Waals surface area (Å²) in [5.74, 6) is 1.59. The van der Waals surface area contributed by atoms with Crippen molar-refractivity contribution in [1.82, 2.24) is 10.6 Å². The topological polar surface area (TPSA) is 50.4 Å². The number of methoxy groups -OCH3 is 1. The van der Waals surface area contributed by atoms with Gasteiger partial charge in [-0.1, -0.05) is 12.1 Å². The van der Waals surface area contributed by atoms with Gasteiger partial charge >= 0.3 is 0 Å². The van der Waals surface area contributed by atoms with Gasteiger partial charge in [0.05, 0.1) is 7.11 Å². The van der Waals surface area contributed by atoms with Crippen molar-refractivity contribution in [1.29, 1.82) is 0 Å². The van der Waals surface area contributed by atoms with Gasteiger partial charge in [-0.3, -0.25) is 4.79 Å². The number of carbonyl (C=O) groups is 1. The van der Waals surface area contributed by atoms with Crippen molar-refractivity contribution in [3.63, 3.8) is 0 Å². The highest BCUT2D eigenvalue weighted by atomic mass is 35.5. The minimum absolute atomic E-state index is 0. The molecule has 1 aromatic rings. The highest BCUT2D eigenvalue weighted by Crippen LogP contribution is 2.12. The number of piperidine rings is 1. The largest absolute Gasteiger partial charge is 0.497 e. The van der Waals surface area contributed by atoms with Gasteiger partial charge in [0.15, 0.2) is 0 Å². The second-order valence-electron chi connectivity index (χ2n) is 5.36. The Hall–Kier alpha value is -1.26. The molecular weight excluding hydrogens is 288 g/mol. The molecule has 1 aliphatic rings. The van der Waals surface area contributed by atoms with Crippen molar-refractivity contribution in [3.8, 4) is 5.75 Å². The lowest BCUT2D eigenvalue weighted by Gasteiger charge is -2.22. The van der Waals surface area contributed by atoms with Gasteiger partial charge in [0, 0.05) is 13.0 Å². The van der Waals surface area contributed by atoms with E-state index in [0.717, 1.165) is 31.8 Å². The number of halogens is 1. The molecule has 0 radical (unpaired) electrons. The summed E-state index contributed by atoms with van der Waals surface area (Å²) in [6, 6.07) is 7.89. The third-order valence-corrected chi connectivity index (χ3v) is 3.79. The molecule has 1 saturated heterocycles. The van der Waals surface area contributed by atoms with Crippen LogP contribution in [0, 0.1) is 5.92 Å². The van der Waals surface area contributed by atoms with Crippen molar-refractivity contribution in [2.75, 3.05) is 26.7 Å². The zero-order chi connectivity index (χ0) is 14.2. The predicted octanol–water partition coefficient (Wildman–Crippen LogP) is 2.17. The van der Waals surface area contributed by atoms with Gasteiger partial charge in [0.2, 0.25) is 5.91 Å². The Balaban J connectivity index is 0.00000220. The van der Waals surface area contributed by atoms with Gasteiger partial charge in [-0.15, -0.1) is 12.4 Å². The molecule has 1 atom stereocenters. The highest BCUT2D eigenvalue weighted by molar-refractivity contribution is 5.85. The number of ether oxygens (including phenoxy) is 1. The third kappa shape index (κ3) is 6.36. The van der Waals surface area contributed by atoms with E-state index >= 15 is 0 Å². The number of aryl methyl sites for hydroxylation is 1. The molecule has 0 aliphatic carbocycles. The van der Waals surface area contributed by atoms with Crippen LogP contribution < -0.4 is 15.4 Å². The molecule has 118 valence electrons. The lowest BCUT2D eigenvalue weighted by atomic mass is 10.00. The number of carbonyl (C=O) groups excluding carboxylic acids is 1. The number of amides is 1. The zero-order valence-corrected chi connectivity index (χ0v) is 13.4. The molecule has 4 nitrogen and oxygen atoms in total. The smallest absolute Gasteiger partial charge is 0.220 e. The molecule has 0 saturated carbocycles. The predicted molar refractivity (Wildman–Crippen MR) is 87.2 cm³/mol. The summed E-state index contributed by atoms with van der Waals surface area (Å²) in [4.78, 5) is 11.8. The Morgan fingerprint density at radius 2 is 2.14 bits per heavy atom. The van der Waals surface area contributed by atoms with Crippen molar-refractivity contribution in [2.24, 2.45) is 5.92 Å². The molecule has 0 spiro atoms. The lowest BCUT2D eigenvalue weighted by Crippen LogP contribution is -2.38. The minimum Gasteiger partial charge on any atom is -0.497 e. The zero-order valence-electron chi connectivity index (χ0n) is 12.6. The molecule has 5 heteroatoms. The van der Waals surface area contributed by atoms with E-state index in [0.29, 0.717) is 12.3 Å². The fourth-order valence-corrected chi connectivity index (χ4v) is 2.49. The Morgan fingerprint density at radius 1 is 1.38 bits per heavy atom. The minimum atomic E-state index is 0. The summed E-state index contributed by atoms with van der Waals surface area (Å²) in [7, 11) is 1.66. The van der Waals surface area contributed by atoms with Gasteiger partial charge in [0.25, 0.3) is 0 Å². The summed E-state index contributed by atoms with van der Waals surface area (Å²) >= 11 is 0. The number of hydrogen-bond donors (Lipinski definition) is 2. The normalized spacial score (nSPS) is 17.7. The van der Waals surface area contributed by atoms with E-state index < -0.39 is 0 Å². The maximum absolute atomic E-state index is 11.8. The molecule has 1 aromatic carbocycles. The van der Waals surface area contributed by atoms with Crippen molar-refractivity contribution in [3.05, 3.63) is 29.8 Å². The fraction of sp³-hybridized carbons (Fsp3) is 0.562. The SMILES string of the molecule is COc1ccc(CCC(=O)NCC2CCCNC2)cc1.Cl. The van der Waals surface area contributed by atoms with Crippen LogP contribution in [-0.2, 0) is 11.2 Å². The van der Waals surface area contributed by atoms with Gasteiger partial charge in [0.1, 0.15) is 5.75 Å². The highest BCUT2D eigenvalue weighted by Gasteiger charge is 2.13. The van der Waals surface area contributed by atoms with Gasteiger partial charge < -0.3 is 15.4 Å². The van der Waals surface area contributed by atoms with E-state index in [1.54, 1.807) is 7.11 Å². The second kappa shape index (κ2) is 9.64. The second-order valence-corrected chi connectivity index (χ2v) is 5.36. The third-order valence-electron chi connectivity index (χ3n) is 3.79. The quantitative estimate of drug-likeness (QED) is 0.846. The first kappa shape index (κ1) is 17.8. The molecule has 1 fully saturated rings. The molecule has 2 rings (SSSR count). The van der Waals surface area contributed by atoms with E-state index in [1.165, 1.54) is 18.4 Å². The van der Waals surface area contributed by atoms with Gasteiger partial charge in [-0.05, 0) is 56.0 Å². The maximum atomic E-state index is 11.8. The molecule has 2 N–H and O–H groups in total. The van der Waals surface area contributed by atoms with Crippen molar-refractivity contribution >= 4 is 18.3 Å². The monoisotopic (exact) mass is 312 g/mol. The average Bonchev–Trinajstić information content (AvgIpc) is 2.52. The molecule has 0 bridgehead atoms. The van der Waals surface area contributed by atoms with Crippen LogP contribution in [-0.4, -0.2) is 32.7 Å². The Kier molecular flexibility index (Phi) is 8.16. The van der Waals surface area contributed by atoms with E-state index in [9.17, 15) is 4.79 Å². The Labute approximate surface area is 133 Å². The standard InChI is InChI=1S/C16H24N2O2.ClH/c1-20-15-7-4-13(5-8-15)6-9-16(19)18-12-14-3-2-10-17-11-14;/h4-5,7-8,14,17H,2-3,6,9-12H2,1H3,(H,18,19);1H. The van der Waals surface area contributed by atoms with Gasteiger partial charge in [-0.2, -0.15) is 0 Å². The van der Waals surface area contributed by atoms with Crippen LogP contribution in [0.25, 0.3) is 0 Å². The van der Waals surface area contributed by atoms with Crippen LogP contribution in [0.2, 0.25) is 0 Å². The molecule has 1 unspecified atom stereocenters. The van der Waals surface area contributed by atoms with Crippen LogP contribution in [0.4, 0.5) is 0 Å². The van der Waals surface area contributed by atoms with Crippen LogP contribution in [0.1, 0.15) is 24.8 Å². The van der Waals surface area contributed by atoms with Crippen molar-refractivity contribution < 1.29 is 9.53 Å². The van der Waals surface area contributed by atoms with Crippen LogP contribution in [0.15, 0.2) is 24.3 Å². The first-order valence-corrected chi connectivity index (χ1v) is 7.38. The van der Waals surface area contributed by atoms with Gasteiger partial charge in [-0.25, -0.2) is 0 Å². The summed E-state index contributed by atoms with van der Waals surface area (Å²) in [5, 5.41) is 6.41. The number of nitrogens with one attached hydrogen (secondary N) is 2. The Bertz CT molecular complexity index is 417. The average molecular weight is 313 g/mol. The van der Waals surface area contributed by atoms with Crippen LogP contribution in [0.5, 0.6) is 5.75 Å². The van der Waals surface area contributed by atoms with E-state index in [-0.39, 0.29) is 18.3 Å². The summed E-state index contributed by atoms with van der Waals surface area (Å²) in [5.41, 5.74) is 1.17. The molecule has 1 aliphatic heterocycles. The summed E-state index contributed by atoms with van der Waals surface area (Å²) in [6.07, 6.45) is 3.75. The van der Waals surface area contributed by atoms with Crippen LogP contribution >= 0.6 is 12.4 Å². The summed E-state index contributed by atoms with van der Waals surface area (Å²) in [6.45, 7) is 2.94. The maximum Gasteiger partial charge on any atom is 0.220 e. The molecule has 1 amide bonds. The molecule has 21 heavy (non-hydrogen) atoms. The first-order chi connectivity index (χ1) is 9.78. The molecular formula is C16H25ClN2O2. The van der Waals surface area contributed by atoms with E-state index in [1.807, 2.05) is 24.3 Å². The summed E-state index contributed by atoms with van der Waals surface area (Å²) < 4.78 is 5.12. The molecule has 1 heterocycles. The molecule has 0 aromatic heterocycles. The number of benzene rings is 1. The lowest BCUT2D eigenvalue weighted by molar-refractivity contribution is -0.121.